The highest BCUT2D eigenvalue weighted by molar-refractivity contribution is 6.30. The number of anilines is 1. The number of halogens is 1. The van der Waals surface area contributed by atoms with Crippen LogP contribution >= 0.6 is 11.6 Å². The summed E-state index contributed by atoms with van der Waals surface area (Å²) in [4.78, 5) is 15.9. The second-order valence-corrected chi connectivity index (χ2v) is 8.67. The van der Waals surface area contributed by atoms with Crippen LogP contribution in [0.1, 0.15) is 27.4 Å². The molecule has 2 aliphatic rings. The minimum atomic E-state index is -1.57. The highest BCUT2D eigenvalue weighted by atomic mass is 35.5. The molecule has 0 radical (unpaired) electrons. The minimum absolute atomic E-state index is 0.0999. The predicted octanol–water partition coefficient (Wildman–Crippen LogP) is 5.33. The van der Waals surface area contributed by atoms with E-state index in [4.69, 9.17) is 11.6 Å². The van der Waals surface area contributed by atoms with E-state index in [2.05, 4.69) is 12.1 Å². The summed E-state index contributed by atoms with van der Waals surface area (Å²) in [7, 11) is 0. The maximum atomic E-state index is 14.1. The van der Waals surface area contributed by atoms with Gasteiger partial charge in [0.05, 0.1) is 18.2 Å². The first-order valence-corrected chi connectivity index (χ1v) is 10.8. The second-order valence-electron chi connectivity index (χ2n) is 8.24. The molecule has 1 N–H and O–H groups in total. The van der Waals surface area contributed by atoms with Crippen LogP contribution in [-0.4, -0.2) is 23.0 Å². The van der Waals surface area contributed by atoms with Crippen molar-refractivity contribution in [3.63, 3.8) is 0 Å². The van der Waals surface area contributed by atoms with Crippen molar-refractivity contribution in [1.82, 2.24) is 0 Å². The van der Waals surface area contributed by atoms with Gasteiger partial charge in [0.2, 0.25) is 0 Å². The van der Waals surface area contributed by atoms with Crippen molar-refractivity contribution >= 4 is 29.1 Å². The van der Waals surface area contributed by atoms with Crippen LogP contribution in [0.25, 0.3) is 6.08 Å². The fourth-order valence-electron chi connectivity index (χ4n) is 5.21. The Morgan fingerprint density at radius 3 is 2.52 bits per heavy atom. The molecular formula is C27H18ClN3O2. The summed E-state index contributed by atoms with van der Waals surface area (Å²) in [5.41, 5.74) is 0.907. The van der Waals surface area contributed by atoms with Crippen molar-refractivity contribution in [3.05, 3.63) is 101 Å². The van der Waals surface area contributed by atoms with Crippen molar-refractivity contribution < 1.29 is 9.90 Å². The smallest absolute Gasteiger partial charge is 0.186 e. The standard InChI is InChI=1S/C27H18ClN3O2/c28-20-8-4-7-19(13-20)25-23(15-29)31-22-11-10-21(32)14-18(22)9-12-24(31)27(25,16-30)26(33)17-5-2-1-3-6-17/h1-14,23-25,32H/t23-,24+,25+,27+/m1/s1. The number of rotatable bonds is 3. The molecule has 6 heteroatoms. The number of Topliss-reactive ketones (excluding diaryl/α,β-unsaturated/α-hetero) is 1. The highest BCUT2D eigenvalue weighted by Crippen LogP contribution is 2.56. The summed E-state index contributed by atoms with van der Waals surface area (Å²) in [6.07, 6.45) is 3.59. The Morgan fingerprint density at radius 2 is 1.82 bits per heavy atom. The number of hydrogen-bond donors (Lipinski definition) is 1. The quantitative estimate of drug-likeness (QED) is 0.544. The third-order valence-electron chi connectivity index (χ3n) is 6.56. The van der Waals surface area contributed by atoms with Gasteiger partial charge >= 0.3 is 0 Å². The van der Waals surface area contributed by atoms with Gasteiger partial charge in [0, 0.05) is 27.8 Å². The molecule has 3 aromatic carbocycles. The number of nitriles is 2. The average Bonchev–Trinajstić information content (AvgIpc) is 3.14. The molecule has 5 nitrogen and oxygen atoms in total. The molecule has 1 fully saturated rings. The Kier molecular flexibility index (Phi) is 4.93. The molecule has 5 rings (SSSR count). The number of carbonyl (C=O) groups is 1. The fraction of sp³-hybridized carbons (Fsp3) is 0.148. The van der Waals surface area contributed by atoms with E-state index < -0.39 is 23.4 Å². The second kappa shape index (κ2) is 7.81. The number of phenolic OH excluding ortho intramolecular Hbond substituents is 1. The lowest BCUT2D eigenvalue weighted by molar-refractivity contribution is 0.0842. The fourth-order valence-corrected chi connectivity index (χ4v) is 5.41. The Balaban J connectivity index is 1.80. The summed E-state index contributed by atoms with van der Waals surface area (Å²) >= 11 is 6.29. The van der Waals surface area contributed by atoms with Crippen molar-refractivity contribution in [2.24, 2.45) is 5.41 Å². The lowest BCUT2D eigenvalue weighted by Gasteiger charge is -2.35. The summed E-state index contributed by atoms with van der Waals surface area (Å²) in [6.45, 7) is 0. The number of nitrogens with zero attached hydrogens (tertiary/aromatic N) is 3. The molecule has 3 aromatic rings. The van der Waals surface area contributed by atoms with E-state index in [0.29, 0.717) is 21.8 Å². The third kappa shape index (κ3) is 3.02. The van der Waals surface area contributed by atoms with Gasteiger partial charge in [0.25, 0.3) is 0 Å². The predicted molar refractivity (Wildman–Crippen MR) is 126 cm³/mol. The molecule has 2 aliphatic heterocycles. The van der Waals surface area contributed by atoms with E-state index in [1.807, 2.05) is 17.0 Å². The van der Waals surface area contributed by atoms with Gasteiger partial charge in [-0.25, -0.2) is 0 Å². The number of hydrogen-bond acceptors (Lipinski definition) is 5. The molecule has 0 aromatic heterocycles. The molecule has 0 bridgehead atoms. The first-order valence-electron chi connectivity index (χ1n) is 10.5. The summed E-state index contributed by atoms with van der Waals surface area (Å²) in [5.74, 6) is -0.994. The lowest BCUT2D eigenvalue weighted by Crippen LogP contribution is -2.45. The topological polar surface area (TPSA) is 88.1 Å². The van der Waals surface area contributed by atoms with Gasteiger partial charge in [-0.15, -0.1) is 0 Å². The molecule has 0 aliphatic carbocycles. The van der Waals surface area contributed by atoms with Crippen molar-refractivity contribution in [3.8, 4) is 17.9 Å². The molecule has 160 valence electrons. The van der Waals surface area contributed by atoms with E-state index in [1.165, 1.54) is 0 Å². The molecule has 0 spiro atoms. The minimum Gasteiger partial charge on any atom is -0.508 e. The van der Waals surface area contributed by atoms with Gasteiger partial charge in [-0.05, 0) is 35.9 Å². The molecule has 4 atom stereocenters. The zero-order chi connectivity index (χ0) is 23.2. The molecule has 0 unspecified atom stereocenters. The third-order valence-corrected chi connectivity index (χ3v) is 6.79. The Bertz CT molecular complexity index is 1370. The van der Waals surface area contributed by atoms with Crippen LogP contribution in [0.15, 0.2) is 78.9 Å². The first kappa shape index (κ1) is 20.8. The summed E-state index contributed by atoms with van der Waals surface area (Å²) in [5, 5.41) is 31.5. The highest BCUT2D eigenvalue weighted by Gasteiger charge is 2.64. The number of ketones is 1. The normalized spacial score (nSPS) is 24.9. The molecule has 33 heavy (non-hydrogen) atoms. The summed E-state index contributed by atoms with van der Waals surface area (Å²) in [6, 6.07) is 23.9. The monoisotopic (exact) mass is 451 g/mol. The number of aromatic hydroxyl groups is 1. The number of benzene rings is 3. The molecule has 0 amide bonds. The Hall–Kier alpha value is -4.06. The molecule has 2 heterocycles. The van der Waals surface area contributed by atoms with Crippen LogP contribution in [0.4, 0.5) is 5.69 Å². The van der Waals surface area contributed by atoms with E-state index in [-0.39, 0.29) is 11.5 Å². The van der Waals surface area contributed by atoms with Crippen molar-refractivity contribution in [2.75, 3.05) is 4.90 Å². The van der Waals surface area contributed by atoms with Gasteiger partial charge in [-0.3, -0.25) is 4.79 Å². The number of fused-ring (bicyclic) bond motifs is 3. The van der Waals surface area contributed by atoms with Gasteiger partial charge in [0.15, 0.2) is 11.2 Å². The summed E-state index contributed by atoms with van der Waals surface area (Å²) < 4.78 is 0. The van der Waals surface area contributed by atoms with Crippen LogP contribution < -0.4 is 4.90 Å². The van der Waals surface area contributed by atoms with Crippen LogP contribution in [0, 0.1) is 28.1 Å². The average molecular weight is 452 g/mol. The van der Waals surface area contributed by atoms with Gasteiger partial charge in [-0.1, -0.05) is 66.2 Å². The largest absolute Gasteiger partial charge is 0.508 e. The molecule has 0 saturated carbocycles. The van der Waals surface area contributed by atoms with Crippen molar-refractivity contribution in [2.45, 2.75) is 18.0 Å². The van der Waals surface area contributed by atoms with Crippen LogP contribution in [-0.2, 0) is 0 Å². The number of carbonyl (C=O) groups excluding carboxylic acids is 1. The first-order chi connectivity index (χ1) is 16.0. The van der Waals surface area contributed by atoms with Crippen molar-refractivity contribution in [1.29, 1.82) is 10.5 Å². The zero-order valence-electron chi connectivity index (χ0n) is 17.4. The zero-order valence-corrected chi connectivity index (χ0v) is 18.1. The SMILES string of the molecule is N#C[C@@H]1[C@H](c2cccc(Cl)c2)[C@@](C#N)(C(=O)c2ccccc2)[C@@H]2C=Cc3cc(O)ccc3N12. The van der Waals surface area contributed by atoms with Gasteiger partial charge in [-0.2, -0.15) is 10.5 Å². The van der Waals surface area contributed by atoms with Gasteiger partial charge in [0.1, 0.15) is 11.8 Å². The molecule has 1 saturated heterocycles. The maximum Gasteiger partial charge on any atom is 0.186 e. The molecular weight excluding hydrogens is 434 g/mol. The van der Waals surface area contributed by atoms with E-state index in [9.17, 15) is 20.4 Å². The number of phenols is 1. The van der Waals surface area contributed by atoms with E-state index >= 15 is 0 Å². The van der Waals surface area contributed by atoms with Crippen LogP contribution in [0.3, 0.4) is 0 Å². The Labute approximate surface area is 196 Å². The van der Waals surface area contributed by atoms with E-state index in [1.54, 1.807) is 72.8 Å². The lowest BCUT2D eigenvalue weighted by atomic mass is 9.65. The van der Waals surface area contributed by atoms with E-state index in [0.717, 1.165) is 5.56 Å². The van der Waals surface area contributed by atoms with Gasteiger partial charge < -0.3 is 10.0 Å². The Morgan fingerprint density at radius 1 is 1.03 bits per heavy atom. The van der Waals surface area contributed by atoms with Crippen LogP contribution in [0.2, 0.25) is 5.02 Å². The maximum absolute atomic E-state index is 14.1. The van der Waals surface area contributed by atoms with Crippen LogP contribution in [0.5, 0.6) is 5.75 Å².